The van der Waals surface area contributed by atoms with E-state index in [4.69, 9.17) is 4.74 Å². The summed E-state index contributed by atoms with van der Waals surface area (Å²) >= 11 is 0. The van der Waals surface area contributed by atoms with E-state index in [2.05, 4.69) is 15.3 Å². The second-order valence-corrected chi connectivity index (χ2v) is 3.90. The molecule has 0 fully saturated rings. The second-order valence-electron chi connectivity index (χ2n) is 3.90. The first-order valence-corrected chi connectivity index (χ1v) is 5.87. The minimum atomic E-state index is 0.162. The number of fused-ring (bicyclic) bond motifs is 1. The molecule has 17 heavy (non-hydrogen) atoms. The highest BCUT2D eigenvalue weighted by Gasteiger charge is 2.02. The summed E-state index contributed by atoms with van der Waals surface area (Å²) in [5.74, 6) is 0.648. The Balaban J connectivity index is 2.04. The van der Waals surface area contributed by atoms with E-state index in [1.165, 1.54) is 0 Å². The molecule has 1 N–H and O–H groups in total. The van der Waals surface area contributed by atoms with Gasteiger partial charge >= 0.3 is 0 Å². The Labute approximate surface area is 101 Å². The summed E-state index contributed by atoms with van der Waals surface area (Å²) in [6.07, 6.45) is 1.99. The van der Waals surface area contributed by atoms with Crippen molar-refractivity contribution in [2.45, 2.75) is 20.0 Å². The van der Waals surface area contributed by atoms with Crippen LogP contribution >= 0.6 is 0 Å². The smallest absolute Gasteiger partial charge is 0.223 e. The van der Waals surface area contributed by atoms with Gasteiger partial charge in [0.2, 0.25) is 5.95 Å². The van der Waals surface area contributed by atoms with Crippen molar-refractivity contribution < 1.29 is 4.74 Å². The predicted octanol–water partition coefficient (Wildman–Crippen LogP) is 2.47. The number of ether oxygens (including phenoxy) is 1. The molecule has 2 aromatic rings. The van der Waals surface area contributed by atoms with Gasteiger partial charge in [0, 0.05) is 24.7 Å². The maximum atomic E-state index is 5.43. The zero-order chi connectivity index (χ0) is 12.1. The molecule has 1 heterocycles. The van der Waals surface area contributed by atoms with Crippen LogP contribution in [0.15, 0.2) is 30.5 Å². The van der Waals surface area contributed by atoms with Gasteiger partial charge in [-0.05, 0) is 19.9 Å². The van der Waals surface area contributed by atoms with Crippen molar-refractivity contribution in [1.82, 2.24) is 9.97 Å². The highest BCUT2D eigenvalue weighted by Crippen LogP contribution is 2.11. The van der Waals surface area contributed by atoms with Gasteiger partial charge in [-0.15, -0.1) is 0 Å². The summed E-state index contributed by atoms with van der Waals surface area (Å²) < 4.78 is 5.43. The van der Waals surface area contributed by atoms with Crippen LogP contribution < -0.4 is 5.32 Å². The highest BCUT2D eigenvalue weighted by molar-refractivity contribution is 5.78. The van der Waals surface area contributed by atoms with E-state index in [0.29, 0.717) is 12.5 Å². The van der Waals surface area contributed by atoms with E-state index in [-0.39, 0.29) is 6.10 Å². The molecule has 0 radical (unpaired) electrons. The third-order valence-corrected chi connectivity index (χ3v) is 2.49. The topological polar surface area (TPSA) is 47.0 Å². The lowest BCUT2D eigenvalue weighted by Crippen LogP contribution is -2.20. The van der Waals surface area contributed by atoms with E-state index >= 15 is 0 Å². The fourth-order valence-corrected chi connectivity index (χ4v) is 1.64. The lowest BCUT2D eigenvalue weighted by Gasteiger charge is -2.12. The maximum Gasteiger partial charge on any atom is 0.223 e. The summed E-state index contributed by atoms with van der Waals surface area (Å²) in [6.45, 7) is 5.45. The molecule has 0 amide bonds. The third-order valence-electron chi connectivity index (χ3n) is 2.49. The lowest BCUT2D eigenvalue weighted by molar-refractivity contribution is 0.0854. The Morgan fingerprint density at radius 1 is 1.35 bits per heavy atom. The molecule has 1 unspecified atom stereocenters. The number of hydrogen-bond donors (Lipinski definition) is 1. The van der Waals surface area contributed by atoms with Crippen LogP contribution in [0.5, 0.6) is 0 Å². The number of nitrogens with one attached hydrogen (secondary N) is 1. The van der Waals surface area contributed by atoms with E-state index in [1.807, 2.05) is 44.3 Å². The van der Waals surface area contributed by atoms with Crippen LogP contribution in [0.25, 0.3) is 10.9 Å². The normalized spacial score (nSPS) is 12.6. The maximum absolute atomic E-state index is 5.43. The lowest BCUT2D eigenvalue weighted by atomic mass is 10.2. The van der Waals surface area contributed by atoms with Gasteiger partial charge in [0.25, 0.3) is 0 Å². The molecule has 1 aromatic heterocycles. The molecule has 0 bridgehead atoms. The van der Waals surface area contributed by atoms with Crippen molar-refractivity contribution in [1.29, 1.82) is 0 Å². The summed E-state index contributed by atoms with van der Waals surface area (Å²) in [5.41, 5.74) is 0.953. The number of nitrogens with zero attached hydrogens (tertiary/aromatic N) is 2. The summed E-state index contributed by atoms with van der Waals surface area (Å²) in [6, 6.07) is 7.94. The molecule has 0 spiro atoms. The van der Waals surface area contributed by atoms with E-state index in [1.54, 1.807) is 0 Å². The minimum Gasteiger partial charge on any atom is -0.377 e. The Bertz CT molecular complexity index is 487. The predicted molar refractivity (Wildman–Crippen MR) is 69.1 cm³/mol. The first-order valence-electron chi connectivity index (χ1n) is 5.87. The first kappa shape index (κ1) is 11.8. The summed E-state index contributed by atoms with van der Waals surface area (Å²) in [4.78, 5) is 8.69. The van der Waals surface area contributed by atoms with Crippen LogP contribution in [0.1, 0.15) is 13.8 Å². The summed E-state index contributed by atoms with van der Waals surface area (Å²) in [7, 11) is 0. The minimum absolute atomic E-state index is 0.162. The van der Waals surface area contributed by atoms with Crippen LogP contribution in [0.3, 0.4) is 0 Å². The number of para-hydroxylation sites is 1. The van der Waals surface area contributed by atoms with Gasteiger partial charge in [-0.25, -0.2) is 9.97 Å². The van der Waals surface area contributed by atoms with Gasteiger partial charge in [-0.3, -0.25) is 0 Å². The summed E-state index contributed by atoms with van der Waals surface area (Å²) in [5, 5.41) is 4.23. The fourth-order valence-electron chi connectivity index (χ4n) is 1.64. The zero-order valence-corrected chi connectivity index (χ0v) is 10.2. The molecule has 4 heteroatoms. The van der Waals surface area contributed by atoms with Crippen LogP contribution in [0.4, 0.5) is 5.95 Å². The Kier molecular flexibility index (Phi) is 3.88. The van der Waals surface area contributed by atoms with Crippen LogP contribution in [-0.2, 0) is 4.74 Å². The van der Waals surface area contributed by atoms with Crippen LogP contribution in [0.2, 0.25) is 0 Å². The average molecular weight is 231 g/mol. The molecule has 2 rings (SSSR count). The third kappa shape index (κ3) is 3.14. The molecule has 0 aliphatic carbocycles. The molecule has 1 aromatic carbocycles. The van der Waals surface area contributed by atoms with E-state index in [0.717, 1.165) is 17.5 Å². The molecule has 0 aliphatic rings. The Hall–Kier alpha value is -1.68. The highest BCUT2D eigenvalue weighted by atomic mass is 16.5. The van der Waals surface area contributed by atoms with E-state index < -0.39 is 0 Å². The number of benzene rings is 1. The van der Waals surface area contributed by atoms with Gasteiger partial charge in [0.05, 0.1) is 11.6 Å². The molecular weight excluding hydrogens is 214 g/mol. The van der Waals surface area contributed by atoms with Crippen LogP contribution in [0, 0.1) is 0 Å². The van der Waals surface area contributed by atoms with E-state index in [9.17, 15) is 0 Å². The monoisotopic (exact) mass is 231 g/mol. The number of hydrogen-bond acceptors (Lipinski definition) is 4. The number of aromatic nitrogens is 2. The molecule has 0 saturated carbocycles. The van der Waals surface area contributed by atoms with Gasteiger partial charge in [-0.1, -0.05) is 18.2 Å². The van der Waals surface area contributed by atoms with Gasteiger partial charge in [-0.2, -0.15) is 0 Å². The van der Waals surface area contributed by atoms with Crippen molar-refractivity contribution in [3.63, 3.8) is 0 Å². The van der Waals surface area contributed by atoms with Gasteiger partial charge in [0.15, 0.2) is 0 Å². The van der Waals surface area contributed by atoms with Crippen LogP contribution in [-0.4, -0.2) is 29.2 Å². The molecule has 4 nitrogen and oxygen atoms in total. The van der Waals surface area contributed by atoms with Crippen molar-refractivity contribution in [2.75, 3.05) is 18.5 Å². The SMILES string of the molecule is CCOC(C)CNc1ncc2ccccc2n1. The molecule has 0 saturated heterocycles. The van der Waals surface area contributed by atoms with Gasteiger partial charge < -0.3 is 10.1 Å². The van der Waals surface area contributed by atoms with Crippen molar-refractivity contribution >= 4 is 16.9 Å². The van der Waals surface area contributed by atoms with Crippen molar-refractivity contribution in [3.8, 4) is 0 Å². The van der Waals surface area contributed by atoms with Crippen molar-refractivity contribution in [3.05, 3.63) is 30.5 Å². The zero-order valence-electron chi connectivity index (χ0n) is 10.2. The Morgan fingerprint density at radius 2 is 2.18 bits per heavy atom. The largest absolute Gasteiger partial charge is 0.377 e. The first-order chi connectivity index (χ1) is 8.29. The number of anilines is 1. The number of rotatable bonds is 5. The second kappa shape index (κ2) is 5.59. The average Bonchev–Trinajstić information content (AvgIpc) is 2.36. The molecule has 1 atom stereocenters. The van der Waals surface area contributed by atoms with Gasteiger partial charge in [0.1, 0.15) is 0 Å². The molecular formula is C13H17N3O. The quantitative estimate of drug-likeness (QED) is 0.858. The molecule has 0 aliphatic heterocycles. The standard InChI is InChI=1S/C13H17N3O/c1-3-17-10(2)8-14-13-15-9-11-6-4-5-7-12(11)16-13/h4-7,9-10H,3,8H2,1-2H3,(H,14,15,16). The molecule has 90 valence electrons. The Morgan fingerprint density at radius 3 is 3.00 bits per heavy atom. The fraction of sp³-hybridized carbons (Fsp3) is 0.385. The van der Waals surface area contributed by atoms with Crippen molar-refractivity contribution in [2.24, 2.45) is 0 Å².